The maximum Gasteiger partial charge on any atom is 0.335 e. The zero-order chi connectivity index (χ0) is 23.0. The van der Waals surface area contributed by atoms with Crippen LogP contribution in [-0.2, 0) is 11.4 Å². The molecule has 0 radical (unpaired) electrons. The van der Waals surface area contributed by atoms with Crippen molar-refractivity contribution in [2.45, 2.75) is 27.4 Å². The Morgan fingerprint density at radius 3 is 2.41 bits per heavy atom. The number of carbonyl (C=O) groups is 2. The van der Waals surface area contributed by atoms with Gasteiger partial charge in [-0.3, -0.25) is 4.79 Å². The van der Waals surface area contributed by atoms with Crippen molar-refractivity contribution in [1.82, 2.24) is 0 Å². The second kappa shape index (κ2) is 8.28. The summed E-state index contributed by atoms with van der Waals surface area (Å²) in [6.07, 6.45) is 1.63. The van der Waals surface area contributed by atoms with Crippen LogP contribution in [0.3, 0.4) is 0 Å². The van der Waals surface area contributed by atoms with Gasteiger partial charge in [-0.1, -0.05) is 6.07 Å². The summed E-state index contributed by atoms with van der Waals surface area (Å²) < 4.78 is 5.97. The SMILES string of the molecule is CC1=NN(c2ccc(C(=O)O)cc2)C(=O)/C1=C\c1ccc(-c2cc(C)c(C)cc2CO)o1. The predicted molar refractivity (Wildman–Crippen MR) is 122 cm³/mol. The van der Waals surface area contributed by atoms with Crippen LogP contribution in [-0.4, -0.2) is 27.8 Å². The van der Waals surface area contributed by atoms with Crippen LogP contribution in [0.25, 0.3) is 17.4 Å². The molecule has 0 unspecified atom stereocenters. The smallest absolute Gasteiger partial charge is 0.335 e. The van der Waals surface area contributed by atoms with Gasteiger partial charge in [-0.25, -0.2) is 4.79 Å². The third-order valence-corrected chi connectivity index (χ3v) is 5.49. The summed E-state index contributed by atoms with van der Waals surface area (Å²) in [4.78, 5) is 24.0. The van der Waals surface area contributed by atoms with Crippen molar-refractivity contribution in [2.24, 2.45) is 5.10 Å². The van der Waals surface area contributed by atoms with Gasteiger partial charge in [0.1, 0.15) is 11.5 Å². The molecule has 1 aromatic heterocycles. The number of hydrazone groups is 1. The van der Waals surface area contributed by atoms with Crippen LogP contribution in [0.5, 0.6) is 0 Å². The number of aryl methyl sites for hydroxylation is 2. The fourth-order valence-corrected chi connectivity index (χ4v) is 3.56. The van der Waals surface area contributed by atoms with Gasteiger partial charge in [0, 0.05) is 5.56 Å². The Kier molecular flexibility index (Phi) is 5.50. The number of amides is 1. The second-order valence-corrected chi connectivity index (χ2v) is 7.67. The Bertz CT molecular complexity index is 1280. The molecule has 3 aromatic rings. The number of hydrogen-bond donors (Lipinski definition) is 2. The van der Waals surface area contributed by atoms with Gasteiger partial charge in [-0.05, 0) is 86.0 Å². The van der Waals surface area contributed by atoms with Gasteiger partial charge in [-0.15, -0.1) is 0 Å². The minimum atomic E-state index is -1.04. The maximum absolute atomic E-state index is 13.0. The Morgan fingerprint density at radius 1 is 1.06 bits per heavy atom. The number of nitrogens with zero attached hydrogens (tertiary/aromatic N) is 2. The van der Waals surface area contributed by atoms with Gasteiger partial charge in [0.25, 0.3) is 5.91 Å². The Labute approximate surface area is 184 Å². The first kappa shape index (κ1) is 21.3. The van der Waals surface area contributed by atoms with E-state index in [9.17, 15) is 14.7 Å². The first-order chi connectivity index (χ1) is 15.3. The number of carbonyl (C=O) groups excluding carboxylic acids is 1. The van der Waals surface area contributed by atoms with Crippen LogP contribution in [0.4, 0.5) is 5.69 Å². The van der Waals surface area contributed by atoms with Crippen LogP contribution in [0.1, 0.15) is 39.7 Å². The van der Waals surface area contributed by atoms with Crippen molar-refractivity contribution in [3.8, 4) is 11.3 Å². The van der Waals surface area contributed by atoms with E-state index in [1.165, 1.54) is 17.1 Å². The number of hydrogen-bond acceptors (Lipinski definition) is 5. The van der Waals surface area contributed by atoms with Crippen LogP contribution in [0.15, 0.2) is 63.6 Å². The van der Waals surface area contributed by atoms with E-state index in [1.807, 2.05) is 32.0 Å². The summed E-state index contributed by atoms with van der Waals surface area (Å²) >= 11 is 0. The zero-order valence-corrected chi connectivity index (χ0v) is 17.9. The van der Waals surface area contributed by atoms with Crippen LogP contribution in [0, 0.1) is 13.8 Å². The van der Waals surface area contributed by atoms with E-state index in [4.69, 9.17) is 9.52 Å². The van der Waals surface area contributed by atoms with Gasteiger partial charge in [0.2, 0.25) is 0 Å². The molecule has 1 amide bonds. The molecule has 32 heavy (non-hydrogen) atoms. The molecule has 0 atom stereocenters. The Balaban J connectivity index is 1.63. The standard InChI is InChI=1S/C25H22N2O5/c1-14-10-18(13-28)22(11-15(14)2)23-9-8-20(32-23)12-21-16(3)26-27(24(21)29)19-6-4-17(5-7-19)25(30)31/h4-12,28H,13H2,1-3H3,(H,30,31)/b21-12-. The molecular formula is C25H22N2O5. The number of benzene rings is 2. The van der Waals surface area contributed by atoms with Crippen molar-refractivity contribution in [3.05, 3.63) is 82.1 Å². The average Bonchev–Trinajstić information content (AvgIpc) is 3.35. The van der Waals surface area contributed by atoms with Gasteiger partial charge < -0.3 is 14.6 Å². The zero-order valence-electron chi connectivity index (χ0n) is 17.9. The molecule has 0 fully saturated rings. The molecule has 0 spiro atoms. The quantitative estimate of drug-likeness (QED) is 0.578. The molecule has 0 aliphatic carbocycles. The van der Waals surface area contributed by atoms with E-state index in [0.29, 0.717) is 28.5 Å². The van der Waals surface area contributed by atoms with Gasteiger partial charge in [0.05, 0.1) is 29.1 Å². The summed E-state index contributed by atoms with van der Waals surface area (Å²) in [5, 5.41) is 24.3. The van der Waals surface area contributed by atoms with Gasteiger partial charge in [0.15, 0.2) is 0 Å². The minimum absolute atomic E-state index is 0.104. The highest BCUT2D eigenvalue weighted by Crippen LogP contribution is 2.31. The van der Waals surface area contributed by atoms with E-state index in [2.05, 4.69) is 5.10 Å². The fourth-order valence-electron chi connectivity index (χ4n) is 3.56. The molecule has 1 aliphatic rings. The largest absolute Gasteiger partial charge is 0.478 e. The van der Waals surface area contributed by atoms with E-state index in [1.54, 1.807) is 31.2 Å². The Hall–Kier alpha value is -3.97. The van der Waals surface area contributed by atoms with Crippen molar-refractivity contribution in [2.75, 3.05) is 5.01 Å². The van der Waals surface area contributed by atoms with Crippen molar-refractivity contribution < 1.29 is 24.2 Å². The van der Waals surface area contributed by atoms with Crippen LogP contribution in [0.2, 0.25) is 0 Å². The van der Waals surface area contributed by atoms with Crippen LogP contribution >= 0.6 is 0 Å². The fraction of sp³-hybridized carbons (Fsp3) is 0.160. The van der Waals surface area contributed by atoms with E-state index in [-0.39, 0.29) is 18.1 Å². The molecule has 2 heterocycles. The highest BCUT2D eigenvalue weighted by Gasteiger charge is 2.29. The second-order valence-electron chi connectivity index (χ2n) is 7.67. The van der Waals surface area contributed by atoms with Gasteiger partial charge >= 0.3 is 5.97 Å². The van der Waals surface area contributed by atoms with E-state index < -0.39 is 5.97 Å². The monoisotopic (exact) mass is 430 g/mol. The summed E-state index contributed by atoms with van der Waals surface area (Å²) in [7, 11) is 0. The minimum Gasteiger partial charge on any atom is -0.478 e. The van der Waals surface area contributed by atoms with Crippen molar-refractivity contribution >= 4 is 29.4 Å². The number of anilines is 1. The molecule has 0 bridgehead atoms. The van der Waals surface area contributed by atoms with Gasteiger partial charge in [-0.2, -0.15) is 10.1 Å². The molecule has 162 valence electrons. The molecule has 4 rings (SSSR count). The summed E-state index contributed by atoms with van der Waals surface area (Å²) in [6.45, 7) is 5.62. The number of carboxylic acid groups (broad SMARTS) is 1. The number of aromatic carboxylic acids is 1. The highest BCUT2D eigenvalue weighted by molar-refractivity contribution is 6.32. The Morgan fingerprint density at radius 2 is 1.75 bits per heavy atom. The predicted octanol–water partition coefficient (Wildman–Crippen LogP) is 4.56. The summed E-state index contributed by atoms with van der Waals surface area (Å²) in [5.41, 5.74) is 5.28. The first-order valence-electron chi connectivity index (χ1n) is 10.0. The first-order valence-corrected chi connectivity index (χ1v) is 10.0. The highest BCUT2D eigenvalue weighted by atomic mass is 16.4. The summed E-state index contributed by atoms with van der Waals surface area (Å²) in [5.74, 6) is -0.273. The molecule has 2 aromatic carbocycles. The van der Waals surface area contributed by atoms with Crippen LogP contribution < -0.4 is 5.01 Å². The lowest BCUT2D eigenvalue weighted by molar-refractivity contribution is -0.114. The number of furan rings is 1. The number of carboxylic acids is 1. The molecular weight excluding hydrogens is 408 g/mol. The van der Waals surface area contributed by atoms with Crippen molar-refractivity contribution in [3.63, 3.8) is 0 Å². The molecule has 7 heteroatoms. The lowest BCUT2D eigenvalue weighted by atomic mass is 9.99. The molecule has 1 aliphatic heterocycles. The molecule has 0 saturated carbocycles. The topological polar surface area (TPSA) is 103 Å². The number of rotatable bonds is 5. The number of aliphatic hydroxyl groups is 1. The summed E-state index contributed by atoms with van der Waals surface area (Å²) in [6, 6.07) is 13.4. The normalized spacial score (nSPS) is 14.9. The number of aliphatic hydroxyl groups excluding tert-OH is 1. The maximum atomic E-state index is 13.0. The van der Waals surface area contributed by atoms with E-state index >= 15 is 0 Å². The molecule has 2 N–H and O–H groups in total. The third kappa shape index (κ3) is 3.86. The molecule has 7 nitrogen and oxygen atoms in total. The van der Waals surface area contributed by atoms with Crippen molar-refractivity contribution in [1.29, 1.82) is 0 Å². The molecule has 0 saturated heterocycles. The third-order valence-electron chi connectivity index (χ3n) is 5.49. The lowest BCUT2D eigenvalue weighted by Gasteiger charge is -2.11. The lowest BCUT2D eigenvalue weighted by Crippen LogP contribution is -2.21. The average molecular weight is 430 g/mol. The van der Waals surface area contributed by atoms with E-state index in [0.717, 1.165) is 22.3 Å².